The van der Waals surface area contributed by atoms with E-state index in [1.54, 1.807) is 19.2 Å². The molecule has 0 bridgehead atoms. The number of carbonyl (C=O) groups excluding carboxylic acids is 1. The van der Waals surface area contributed by atoms with Crippen LogP contribution in [0.15, 0.2) is 24.3 Å². The smallest absolute Gasteiger partial charge is 0.258 e. The van der Waals surface area contributed by atoms with Gasteiger partial charge >= 0.3 is 0 Å². The predicted molar refractivity (Wildman–Crippen MR) is 83.8 cm³/mol. The van der Waals surface area contributed by atoms with E-state index in [0.29, 0.717) is 24.7 Å². The van der Waals surface area contributed by atoms with Crippen LogP contribution in [0.4, 0.5) is 0 Å². The van der Waals surface area contributed by atoms with Crippen molar-refractivity contribution in [1.82, 2.24) is 5.32 Å². The number of ether oxygens (including phenoxy) is 4. The molecule has 0 radical (unpaired) electrons. The Bertz CT molecular complexity index is 535. The molecule has 6 nitrogen and oxygen atoms in total. The van der Waals surface area contributed by atoms with Crippen molar-refractivity contribution in [2.75, 3.05) is 26.9 Å². The Morgan fingerprint density at radius 3 is 2.83 bits per heavy atom. The molecule has 3 atom stereocenters. The quantitative estimate of drug-likeness (QED) is 0.891. The summed E-state index contributed by atoms with van der Waals surface area (Å²) < 4.78 is 22.1. The first-order chi connectivity index (χ1) is 11.2. The molecule has 3 unspecified atom stereocenters. The number of hydrogen-bond acceptors (Lipinski definition) is 5. The molecule has 2 aliphatic rings. The molecule has 126 valence electrons. The summed E-state index contributed by atoms with van der Waals surface area (Å²) in [5.41, 5.74) is 0. The monoisotopic (exact) mass is 321 g/mol. The average Bonchev–Trinajstić information content (AvgIpc) is 2.60. The zero-order valence-corrected chi connectivity index (χ0v) is 13.3. The number of benzene rings is 1. The summed E-state index contributed by atoms with van der Waals surface area (Å²) in [7, 11) is 1.60. The predicted octanol–water partition coefficient (Wildman–Crippen LogP) is 1.53. The maximum absolute atomic E-state index is 12.1. The number of rotatable bonds is 5. The van der Waals surface area contributed by atoms with Gasteiger partial charge in [-0.2, -0.15) is 0 Å². The van der Waals surface area contributed by atoms with Crippen LogP contribution in [0.2, 0.25) is 0 Å². The zero-order chi connectivity index (χ0) is 16.1. The summed E-state index contributed by atoms with van der Waals surface area (Å²) >= 11 is 0. The fourth-order valence-electron chi connectivity index (χ4n) is 3.11. The summed E-state index contributed by atoms with van der Waals surface area (Å²) in [4.78, 5) is 12.1. The molecule has 23 heavy (non-hydrogen) atoms. The third-order valence-electron chi connectivity index (χ3n) is 4.25. The fraction of sp³-hybridized carbons (Fsp3) is 0.588. The molecular weight excluding hydrogens is 298 g/mol. The van der Waals surface area contributed by atoms with Crippen molar-refractivity contribution in [3.05, 3.63) is 24.3 Å². The Hall–Kier alpha value is -1.79. The number of carbonyl (C=O) groups is 1. The van der Waals surface area contributed by atoms with E-state index >= 15 is 0 Å². The van der Waals surface area contributed by atoms with E-state index in [1.807, 2.05) is 12.1 Å². The lowest BCUT2D eigenvalue weighted by Crippen LogP contribution is -2.49. The van der Waals surface area contributed by atoms with Gasteiger partial charge in [0.25, 0.3) is 5.91 Å². The van der Waals surface area contributed by atoms with Crippen LogP contribution in [0.5, 0.6) is 11.5 Å². The summed E-state index contributed by atoms with van der Waals surface area (Å²) in [6, 6.07) is 7.34. The van der Waals surface area contributed by atoms with E-state index in [9.17, 15) is 4.79 Å². The minimum Gasteiger partial charge on any atom is -0.497 e. The second-order valence-electron chi connectivity index (χ2n) is 5.86. The Balaban J connectivity index is 1.44. The highest BCUT2D eigenvalue weighted by atomic mass is 16.6. The van der Waals surface area contributed by atoms with Crippen LogP contribution in [0.25, 0.3) is 0 Å². The van der Waals surface area contributed by atoms with E-state index in [-0.39, 0.29) is 30.8 Å². The van der Waals surface area contributed by atoms with Gasteiger partial charge in [0.05, 0.1) is 32.5 Å². The van der Waals surface area contributed by atoms with Crippen molar-refractivity contribution >= 4 is 5.91 Å². The lowest BCUT2D eigenvalue weighted by Gasteiger charge is -2.39. The fourth-order valence-corrected chi connectivity index (χ4v) is 3.11. The van der Waals surface area contributed by atoms with Crippen molar-refractivity contribution < 1.29 is 23.7 Å². The highest BCUT2D eigenvalue weighted by Gasteiger charge is 2.34. The number of nitrogens with one attached hydrogen (secondary N) is 1. The number of methoxy groups -OCH3 is 1. The van der Waals surface area contributed by atoms with Crippen LogP contribution in [0.1, 0.15) is 19.3 Å². The molecule has 0 aromatic heterocycles. The summed E-state index contributed by atoms with van der Waals surface area (Å²) in [6.07, 6.45) is 2.92. The topological polar surface area (TPSA) is 66.0 Å². The average molecular weight is 321 g/mol. The molecule has 1 aromatic carbocycles. The molecule has 1 saturated carbocycles. The molecule has 6 heteroatoms. The highest BCUT2D eigenvalue weighted by molar-refractivity contribution is 5.77. The van der Waals surface area contributed by atoms with Gasteiger partial charge in [-0.15, -0.1) is 0 Å². The first-order valence-electron chi connectivity index (χ1n) is 8.04. The van der Waals surface area contributed by atoms with Gasteiger partial charge in [-0.25, -0.2) is 0 Å². The van der Waals surface area contributed by atoms with Gasteiger partial charge < -0.3 is 24.3 Å². The molecule has 3 rings (SSSR count). The summed E-state index contributed by atoms with van der Waals surface area (Å²) in [6.45, 7) is 1.31. The molecule has 0 spiro atoms. The maximum Gasteiger partial charge on any atom is 0.258 e. The highest BCUT2D eigenvalue weighted by Crippen LogP contribution is 2.26. The lowest BCUT2D eigenvalue weighted by atomic mass is 9.89. The number of amides is 1. The molecule has 1 aliphatic carbocycles. The molecule has 1 saturated heterocycles. The van der Waals surface area contributed by atoms with Crippen LogP contribution in [-0.4, -0.2) is 51.1 Å². The number of hydrogen-bond donors (Lipinski definition) is 1. The third kappa shape index (κ3) is 4.36. The van der Waals surface area contributed by atoms with Crippen LogP contribution in [0, 0.1) is 0 Å². The first kappa shape index (κ1) is 16.1. The van der Waals surface area contributed by atoms with Gasteiger partial charge in [-0.1, -0.05) is 6.07 Å². The van der Waals surface area contributed by atoms with Crippen LogP contribution in [0.3, 0.4) is 0 Å². The third-order valence-corrected chi connectivity index (χ3v) is 4.25. The molecule has 1 aromatic rings. The van der Waals surface area contributed by atoms with Crippen molar-refractivity contribution in [3.8, 4) is 11.5 Å². The zero-order valence-electron chi connectivity index (χ0n) is 13.3. The second kappa shape index (κ2) is 7.66. The van der Waals surface area contributed by atoms with Gasteiger partial charge in [-0.3, -0.25) is 4.79 Å². The van der Waals surface area contributed by atoms with Crippen molar-refractivity contribution in [1.29, 1.82) is 0 Å². The van der Waals surface area contributed by atoms with Gasteiger partial charge in [-0.05, 0) is 31.4 Å². The molecule has 1 heterocycles. The maximum atomic E-state index is 12.1. The molecular formula is C17H23NO5. The van der Waals surface area contributed by atoms with Gasteiger partial charge in [0.1, 0.15) is 11.5 Å². The standard InChI is InChI=1S/C17H23NO5/c1-20-13-3-2-4-14(10-13)23-11-17(19)18-12-5-6-15-16(9-12)22-8-7-21-15/h2-4,10,12,15-16H,5-9,11H2,1H3,(H,18,19). The van der Waals surface area contributed by atoms with Crippen molar-refractivity contribution in [2.24, 2.45) is 0 Å². The number of fused-ring (bicyclic) bond motifs is 1. The van der Waals surface area contributed by atoms with E-state index in [1.165, 1.54) is 0 Å². The van der Waals surface area contributed by atoms with E-state index in [2.05, 4.69) is 5.32 Å². The Labute approximate surface area is 136 Å². The molecule has 1 N–H and O–H groups in total. The van der Waals surface area contributed by atoms with Gasteiger partial charge in [0.15, 0.2) is 6.61 Å². The second-order valence-corrected chi connectivity index (χ2v) is 5.86. The largest absolute Gasteiger partial charge is 0.497 e. The van der Waals surface area contributed by atoms with Gasteiger partial charge in [0, 0.05) is 12.1 Å². The minimum absolute atomic E-state index is 0.00484. The Morgan fingerprint density at radius 1 is 1.22 bits per heavy atom. The Kier molecular flexibility index (Phi) is 5.35. The Morgan fingerprint density at radius 2 is 2.00 bits per heavy atom. The van der Waals surface area contributed by atoms with Crippen LogP contribution in [-0.2, 0) is 14.3 Å². The van der Waals surface area contributed by atoms with E-state index in [4.69, 9.17) is 18.9 Å². The van der Waals surface area contributed by atoms with E-state index < -0.39 is 0 Å². The molecule has 2 fully saturated rings. The van der Waals surface area contributed by atoms with Gasteiger partial charge in [0.2, 0.25) is 0 Å². The van der Waals surface area contributed by atoms with Crippen molar-refractivity contribution in [3.63, 3.8) is 0 Å². The first-order valence-corrected chi connectivity index (χ1v) is 8.04. The SMILES string of the molecule is COc1cccc(OCC(=O)NC2CCC3OCCOC3C2)c1. The summed E-state index contributed by atoms with van der Waals surface area (Å²) in [5, 5.41) is 3.02. The van der Waals surface area contributed by atoms with Crippen LogP contribution < -0.4 is 14.8 Å². The molecule has 1 amide bonds. The van der Waals surface area contributed by atoms with Crippen molar-refractivity contribution in [2.45, 2.75) is 37.5 Å². The molecule has 1 aliphatic heterocycles. The van der Waals surface area contributed by atoms with E-state index in [0.717, 1.165) is 19.3 Å². The minimum atomic E-state index is -0.118. The van der Waals surface area contributed by atoms with Crippen LogP contribution >= 0.6 is 0 Å². The summed E-state index contributed by atoms with van der Waals surface area (Å²) in [5.74, 6) is 1.20. The lowest BCUT2D eigenvalue weighted by molar-refractivity contribution is -0.158. The normalized spacial score (nSPS) is 26.9.